The Kier molecular flexibility index (Phi) is 11.4. The van der Waals surface area contributed by atoms with Crippen LogP contribution in [-0.2, 0) is 22.4 Å². The quantitative estimate of drug-likeness (QED) is 0.356. The Morgan fingerprint density at radius 3 is 2.28 bits per heavy atom. The Balaban J connectivity index is 2.65. The van der Waals surface area contributed by atoms with E-state index in [1.807, 2.05) is 12.1 Å². The van der Waals surface area contributed by atoms with Crippen LogP contribution in [0.1, 0.15) is 37.8 Å². The van der Waals surface area contributed by atoms with Crippen molar-refractivity contribution >= 4 is 29.5 Å². The van der Waals surface area contributed by atoms with E-state index in [9.17, 15) is 4.79 Å². The maximum absolute atomic E-state index is 10.2. The largest absolute Gasteiger partial charge is 0.493 e. The lowest BCUT2D eigenvalue weighted by Gasteiger charge is -2.17. The van der Waals surface area contributed by atoms with Gasteiger partial charge in [-0.25, -0.2) is 0 Å². The van der Waals surface area contributed by atoms with Crippen LogP contribution in [0, 0.1) is 0 Å². The normalized spacial score (nSPS) is 10.4. The highest BCUT2D eigenvalue weighted by Gasteiger charge is 2.11. The van der Waals surface area contributed by atoms with Crippen LogP contribution in [-0.4, -0.2) is 32.7 Å². The number of halogens is 2. The van der Waals surface area contributed by atoms with Gasteiger partial charge in [0.05, 0.1) is 13.2 Å². The highest BCUT2D eigenvalue weighted by Crippen LogP contribution is 2.31. The number of ether oxygens (including phenoxy) is 3. The Morgan fingerprint density at radius 2 is 1.72 bits per heavy atom. The summed E-state index contributed by atoms with van der Waals surface area (Å²) in [5, 5.41) is 0. The molecule has 6 heteroatoms. The van der Waals surface area contributed by atoms with Gasteiger partial charge in [-0.3, -0.25) is 0 Å². The topological polar surface area (TPSA) is 44.8 Å². The van der Waals surface area contributed by atoms with Gasteiger partial charge < -0.3 is 19.0 Å². The van der Waals surface area contributed by atoms with Crippen molar-refractivity contribution in [2.45, 2.75) is 39.5 Å². The van der Waals surface area contributed by atoms with Crippen molar-refractivity contribution in [1.82, 2.24) is 0 Å². The third-order valence-electron chi connectivity index (χ3n) is 3.53. The van der Waals surface area contributed by atoms with Gasteiger partial charge in [0.25, 0.3) is 0 Å². The van der Waals surface area contributed by atoms with Crippen molar-refractivity contribution in [1.29, 1.82) is 0 Å². The lowest BCUT2D eigenvalue weighted by atomic mass is 10.0. The Labute approximate surface area is 160 Å². The van der Waals surface area contributed by atoms with Crippen molar-refractivity contribution in [3.05, 3.63) is 33.8 Å². The average Bonchev–Trinajstić information content (AvgIpc) is 2.60. The van der Waals surface area contributed by atoms with Crippen LogP contribution in [0.2, 0.25) is 0 Å². The molecule has 1 aromatic carbocycles. The van der Waals surface area contributed by atoms with E-state index in [0.717, 1.165) is 48.2 Å². The number of aldehydes is 1. The summed E-state index contributed by atoms with van der Waals surface area (Å²) in [5.41, 5.74) is 2.22. The van der Waals surface area contributed by atoms with Crippen LogP contribution < -0.4 is 9.47 Å². The lowest BCUT2D eigenvalue weighted by molar-refractivity contribution is -0.108. The van der Waals surface area contributed by atoms with E-state index >= 15 is 0 Å². The lowest BCUT2D eigenvalue weighted by Crippen LogP contribution is -2.07. The molecule has 0 fully saturated rings. The van der Waals surface area contributed by atoms with Crippen LogP contribution in [0.15, 0.2) is 22.7 Å². The molecular formula is C19H26Cl2O4. The molecule has 0 heterocycles. The molecule has 0 N–H and O–H groups in total. The minimum Gasteiger partial charge on any atom is -0.493 e. The molecule has 0 spiro atoms. The van der Waals surface area contributed by atoms with Gasteiger partial charge in [-0.05, 0) is 42.2 Å². The summed E-state index contributed by atoms with van der Waals surface area (Å²) < 4.78 is 17.2. The van der Waals surface area contributed by atoms with E-state index in [0.29, 0.717) is 32.8 Å². The van der Waals surface area contributed by atoms with Crippen LogP contribution in [0.4, 0.5) is 0 Å². The standard InChI is InChI=1S/C19H26Cl2O4/c1-3-15-13-17(24-12-7-18(20)21)14-16(4-2)19(15)25-11-6-10-23-9-5-8-22/h7-8,13-14H,3-6,9-12H2,1-2H3. The zero-order valence-electron chi connectivity index (χ0n) is 14.9. The number of carbonyl (C=O) groups excluding carboxylic acids is 1. The molecular weight excluding hydrogens is 363 g/mol. The fourth-order valence-corrected chi connectivity index (χ4v) is 2.41. The second-order valence-electron chi connectivity index (χ2n) is 5.35. The van der Waals surface area contributed by atoms with Crippen molar-refractivity contribution in [3.8, 4) is 11.5 Å². The summed E-state index contributed by atoms with van der Waals surface area (Å²) in [7, 11) is 0. The van der Waals surface area contributed by atoms with E-state index in [1.165, 1.54) is 0 Å². The Morgan fingerprint density at radius 1 is 1.04 bits per heavy atom. The van der Waals surface area contributed by atoms with Crippen molar-refractivity contribution in [2.75, 3.05) is 26.4 Å². The van der Waals surface area contributed by atoms with Gasteiger partial charge in [0.1, 0.15) is 28.9 Å². The molecule has 0 atom stereocenters. The molecule has 0 saturated carbocycles. The highest BCUT2D eigenvalue weighted by atomic mass is 35.5. The average molecular weight is 389 g/mol. The molecule has 0 saturated heterocycles. The summed E-state index contributed by atoms with van der Waals surface area (Å²) in [4.78, 5) is 10.2. The van der Waals surface area contributed by atoms with Gasteiger partial charge in [-0.2, -0.15) is 0 Å². The molecule has 140 valence electrons. The monoisotopic (exact) mass is 388 g/mol. The molecule has 25 heavy (non-hydrogen) atoms. The van der Waals surface area contributed by atoms with E-state index in [1.54, 1.807) is 6.08 Å². The maximum Gasteiger partial charge on any atom is 0.125 e. The van der Waals surface area contributed by atoms with Gasteiger partial charge in [0.15, 0.2) is 0 Å². The van der Waals surface area contributed by atoms with Crippen LogP contribution in [0.5, 0.6) is 11.5 Å². The molecule has 0 aromatic heterocycles. The van der Waals surface area contributed by atoms with Crippen molar-refractivity contribution in [2.24, 2.45) is 0 Å². The molecule has 0 unspecified atom stereocenters. The molecule has 4 nitrogen and oxygen atoms in total. The van der Waals surface area contributed by atoms with Crippen molar-refractivity contribution in [3.63, 3.8) is 0 Å². The first-order valence-corrected chi connectivity index (χ1v) is 9.31. The summed E-state index contributed by atoms with van der Waals surface area (Å²) >= 11 is 11.2. The first-order chi connectivity index (χ1) is 12.1. The Hall–Kier alpha value is -1.23. The number of rotatable bonds is 13. The Bertz CT molecular complexity index is 529. The predicted molar refractivity (Wildman–Crippen MR) is 102 cm³/mol. The van der Waals surface area contributed by atoms with Gasteiger partial charge in [-0.15, -0.1) is 0 Å². The summed E-state index contributed by atoms with van der Waals surface area (Å²) in [6, 6.07) is 3.98. The minimum absolute atomic E-state index is 0.196. The van der Waals surface area contributed by atoms with Crippen molar-refractivity contribution < 1.29 is 19.0 Å². The first kappa shape index (κ1) is 21.8. The molecule has 0 aliphatic heterocycles. The van der Waals surface area contributed by atoms with Crippen LogP contribution >= 0.6 is 23.2 Å². The fourth-order valence-electron chi connectivity index (χ4n) is 2.29. The number of carbonyl (C=O) groups is 1. The third kappa shape index (κ3) is 8.61. The second-order valence-corrected chi connectivity index (χ2v) is 6.36. The van der Waals surface area contributed by atoms with Gasteiger partial charge in [-0.1, -0.05) is 37.0 Å². The zero-order chi connectivity index (χ0) is 18.5. The maximum atomic E-state index is 10.2. The van der Waals surface area contributed by atoms with Crippen LogP contribution in [0.3, 0.4) is 0 Å². The van der Waals surface area contributed by atoms with E-state index in [-0.39, 0.29) is 4.49 Å². The third-order valence-corrected chi connectivity index (χ3v) is 3.83. The fraction of sp³-hybridized carbons (Fsp3) is 0.526. The SMILES string of the molecule is CCc1cc(OCC=C(Cl)Cl)cc(CC)c1OCCCOCCC=O. The van der Waals surface area contributed by atoms with E-state index in [2.05, 4.69) is 13.8 Å². The molecule has 0 amide bonds. The molecule has 1 aromatic rings. The van der Waals surface area contributed by atoms with Gasteiger partial charge in [0.2, 0.25) is 0 Å². The van der Waals surface area contributed by atoms with Crippen LogP contribution in [0.25, 0.3) is 0 Å². The smallest absolute Gasteiger partial charge is 0.125 e. The summed E-state index contributed by atoms with van der Waals surface area (Å²) in [5.74, 6) is 1.71. The minimum atomic E-state index is 0.196. The second kappa shape index (κ2) is 13.0. The molecule has 0 bridgehead atoms. The zero-order valence-corrected chi connectivity index (χ0v) is 16.4. The number of aryl methyl sites for hydroxylation is 2. The van der Waals surface area contributed by atoms with E-state index in [4.69, 9.17) is 37.4 Å². The number of hydrogen-bond acceptors (Lipinski definition) is 4. The predicted octanol–water partition coefficient (Wildman–Crippen LogP) is 4.88. The first-order valence-electron chi connectivity index (χ1n) is 8.56. The molecule has 0 aliphatic rings. The molecule has 0 radical (unpaired) electrons. The summed E-state index contributed by atoms with van der Waals surface area (Å²) in [6.07, 6.45) is 5.38. The van der Waals surface area contributed by atoms with E-state index < -0.39 is 0 Å². The molecule has 1 rings (SSSR count). The van der Waals surface area contributed by atoms with Gasteiger partial charge >= 0.3 is 0 Å². The number of hydrogen-bond donors (Lipinski definition) is 0. The summed E-state index contributed by atoms with van der Waals surface area (Å²) in [6.45, 7) is 6.13. The molecule has 0 aliphatic carbocycles. The number of benzene rings is 1. The highest BCUT2D eigenvalue weighted by molar-refractivity contribution is 6.55. The van der Waals surface area contributed by atoms with Gasteiger partial charge in [0, 0.05) is 19.4 Å².